The minimum Gasteiger partial charge on any atom is -0.379 e. The molecule has 0 radical (unpaired) electrons. The molecule has 1 aromatic heterocycles. The van der Waals surface area contributed by atoms with Gasteiger partial charge in [0, 0.05) is 22.9 Å². The van der Waals surface area contributed by atoms with Crippen molar-refractivity contribution in [2.75, 3.05) is 33.4 Å². The van der Waals surface area contributed by atoms with E-state index in [0.717, 1.165) is 37.9 Å². The number of nitrogens with one attached hydrogen (secondary N) is 1. The zero-order valence-corrected chi connectivity index (χ0v) is 16.3. The van der Waals surface area contributed by atoms with Crippen molar-refractivity contribution in [3.05, 3.63) is 42.1 Å². The first-order valence-corrected chi connectivity index (χ1v) is 9.95. The number of hydrogen-bond donors (Lipinski definition) is 1. The lowest BCUT2D eigenvalue weighted by molar-refractivity contribution is -0.133. The third-order valence-corrected chi connectivity index (χ3v) is 6.38. The van der Waals surface area contributed by atoms with Crippen LogP contribution in [-0.4, -0.2) is 55.2 Å². The molecule has 0 spiro atoms. The second-order valence-corrected chi connectivity index (χ2v) is 8.43. The summed E-state index contributed by atoms with van der Waals surface area (Å²) in [5, 5.41) is 4.52. The highest BCUT2D eigenvalue weighted by Crippen LogP contribution is 2.32. The molecule has 0 unspecified atom stereocenters. The zero-order valence-electron chi connectivity index (χ0n) is 16.3. The molecule has 2 aromatic rings. The third-order valence-electron chi connectivity index (χ3n) is 6.38. The first-order chi connectivity index (χ1) is 13.0. The summed E-state index contributed by atoms with van der Waals surface area (Å²) in [5.74, 6) is 0.491. The number of carbonyl (C=O) groups excluding carboxylic acids is 1. The molecule has 0 bridgehead atoms. The minimum atomic E-state index is -0.261. The van der Waals surface area contributed by atoms with E-state index in [9.17, 15) is 4.79 Å². The van der Waals surface area contributed by atoms with Gasteiger partial charge in [0.1, 0.15) is 0 Å². The molecule has 5 nitrogen and oxygen atoms in total. The van der Waals surface area contributed by atoms with E-state index in [0.29, 0.717) is 19.1 Å². The molecule has 2 fully saturated rings. The fourth-order valence-corrected chi connectivity index (χ4v) is 4.26. The van der Waals surface area contributed by atoms with Gasteiger partial charge in [-0.15, -0.1) is 0 Å². The number of nitrogens with zero attached hydrogens (tertiary/aromatic N) is 2. The van der Waals surface area contributed by atoms with Crippen molar-refractivity contribution < 1.29 is 9.53 Å². The lowest BCUT2D eigenvalue weighted by Crippen LogP contribution is -2.51. The van der Waals surface area contributed by atoms with Crippen LogP contribution in [0, 0.1) is 11.3 Å². The topological polar surface area (TPSA) is 54.5 Å². The van der Waals surface area contributed by atoms with Crippen molar-refractivity contribution in [3.8, 4) is 0 Å². The number of pyridine rings is 1. The van der Waals surface area contributed by atoms with E-state index in [1.54, 1.807) is 0 Å². The summed E-state index contributed by atoms with van der Waals surface area (Å²) in [5.41, 5.74) is 2.04. The lowest BCUT2D eigenvalue weighted by atomic mass is 9.79. The molecule has 2 aliphatic heterocycles. The Morgan fingerprint density at radius 2 is 2.04 bits per heavy atom. The highest BCUT2D eigenvalue weighted by atomic mass is 16.5. The number of hydrogen-bond acceptors (Lipinski definition) is 4. The van der Waals surface area contributed by atoms with Crippen LogP contribution in [0.1, 0.15) is 25.3 Å². The van der Waals surface area contributed by atoms with Crippen LogP contribution in [0.15, 0.2) is 36.5 Å². The normalized spacial score (nSPS) is 25.6. The maximum absolute atomic E-state index is 13.0. The van der Waals surface area contributed by atoms with E-state index in [2.05, 4.69) is 47.4 Å². The summed E-state index contributed by atoms with van der Waals surface area (Å²) in [6.07, 6.45) is 4.61. The van der Waals surface area contributed by atoms with Crippen LogP contribution in [0.25, 0.3) is 10.9 Å². The first-order valence-electron chi connectivity index (χ1n) is 9.95. The molecule has 2 saturated heterocycles. The average Bonchev–Trinajstić information content (AvgIpc) is 3.11. The summed E-state index contributed by atoms with van der Waals surface area (Å²) in [6, 6.07) is 10.4. The zero-order chi connectivity index (χ0) is 18.9. The molecule has 4 rings (SSSR count). The van der Waals surface area contributed by atoms with Gasteiger partial charge in [-0.05, 0) is 57.1 Å². The highest BCUT2D eigenvalue weighted by molar-refractivity contribution is 5.83. The van der Waals surface area contributed by atoms with Gasteiger partial charge in [-0.2, -0.15) is 0 Å². The fraction of sp³-hybridized carbons (Fsp3) is 0.545. The molecule has 1 N–H and O–H groups in total. The number of aromatic nitrogens is 1. The predicted octanol–water partition coefficient (Wildman–Crippen LogP) is 2.64. The van der Waals surface area contributed by atoms with Crippen molar-refractivity contribution in [2.45, 2.75) is 32.2 Å². The number of ether oxygens (including phenoxy) is 1. The molecule has 0 aliphatic carbocycles. The number of amides is 1. The van der Waals surface area contributed by atoms with Crippen LogP contribution in [0.2, 0.25) is 0 Å². The number of benzene rings is 1. The predicted molar refractivity (Wildman–Crippen MR) is 107 cm³/mol. The average molecular weight is 367 g/mol. The summed E-state index contributed by atoms with van der Waals surface area (Å²) >= 11 is 0. The Balaban J connectivity index is 1.45. The molecule has 1 aromatic carbocycles. The quantitative estimate of drug-likeness (QED) is 0.903. The number of fused-ring (bicyclic) bond motifs is 1. The SMILES string of the molecule is CN1CCC(C)(C(=O)N[C@@H]2COC[C@H]2Cc2ccnc3ccccc23)CC1. The summed E-state index contributed by atoms with van der Waals surface area (Å²) in [7, 11) is 2.12. The van der Waals surface area contributed by atoms with Crippen molar-refractivity contribution in [1.82, 2.24) is 15.2 Å². The Morgan fingerprint density at radius 3 is 2.85 bits per heavy atom. The molecule has 0 saturated carbocycles. The van der Waals surface area contributed by atoms with Gasteiger partial charge in [0.15, 0.2) is 0 Å². The van der Waals surface area contributed by atoms with Crippen LogP contribution in [0.5, 0.6) is 0 Å². The Labute approximate surface area is 161 Å². The van der Waals surface area contributed by atoms with Crippen molar-refractivity contribution in [2.24, 2.45) is 11.3 Å². The lowest BCUT2D eigenvalue weighted by Gasteiger charge is -2.37. The molecule has 2 aliphatic rings. The standard InChI is InChI=1S/C22H29N3O2/c1-22(8-11-25(2)12-9-22)21(26)24-20-15-27-14-17(20)13-16-7-10-23-19-6-4-3-5-18(16)19/h3-7,10,17,20H,8-9,11-15H2,1-2H3,(H,24,26)/t17-,20-/m1/s1. The molecular weight excluding hydrogens is 338 g/mol. The van der Waals surface area contributed by atoms with Gasteiger partial charge in [-0.25, -0.2) is 0 Å². The maximum Gasteiger partial charge on any atom is 0.226 e. The molecule has 27 heavy (non-hydrogen) atoms. The van der Waals surface area contributed by atoms with Gasteiger partial charge in [-0.3, -0.25) is 9.78 Å². The van der Waals surface area contributed by atoms with Crippen LogP contribution in [0.4, 0.5) is 0 Å². The Morgan fingerprint density at radius 1 is 1.26 bits per heavy atom. The minimum absolute atomic E-state index is 0.0842. The smallest absolute Gasteiger partial charge is 0.226 e. The third kappa shape index (κ3) is 3.85. The van der Waals surface area contributed by atoms with Crippen molar-refractivity contribution >= 4 is 16.8 Å². The van der Waals surface area contributed by atoms with E-state index in [1.807, 2.05) is 18.3 Å². The van der Waals surface area contributed by atoms with E-state index in [1.165, 1.54) is 10.9 Å². The van der Waals surface area contributed by atoms with Crippen LogP contribution in [0.3, 0.4) is 0 Å². The van der Waals surface area contributed by atoms with E-state index < -0.39 is 0 Å². The largest absolute Gasteiger partial charge is 0.379 e. The highest BCUT2D eigenvalue weighted by Gasteiger charge is 2.39. The number of piperidine rings is 1. The molecule has 3 heterocycles. The number of rotatable bonds is 4. The van der Waals surface area contributed by atoms with Gasteiger partial charge in [0.2, 0.25) is 5.91 Å². The van der Waals surface area contributed by atoms with Gasteiger partial charge in [0.05, 0.1) is 24.8 Å². The fourth-order valence-electron chi connectivity index (χ4n) is 4.26. The number of carbonyl (C=O) groups is 1. The Hall–Kier alpha value is -1.98. The van der Waals surface area contributed by atoms with Crippen molar-refractivity contribution in [3.63, 3.8) is 0 Å². The summed E-state index contributed by atoms with van der Waals surface area (Å²) in [6.45, 7) is 5.38. The van der Waals surface area contributed by atoms with Crippen LogP contribution >= 0.6 is 0 Å². The molecule has 144 valence electrons. The van der Waals surface area contributed by atoms with Gasteiger partial charge in [0.25, 0.3) is 0 Å². The summed E-state index contributed by atoms with van der Waals surface area (Å²) in [4.78, 5) is 19.7. The Bertz CT molecular complexity index is 809. The van der Waals surface area contributed by atoms with Crippen LogP contribution in [-0.2, 0) is 16.0 Å². The van der Waals surface area contributed by atoms with Crippen molar-refractivity contribution in [1.29, 1.82) is 0 Å². The monoisotopic (exact) mass is 367 g/mol. The molecule has 2 atom stereocenters. The van der Waals surface area contributed by atoms with Gasteiger partial charge < -0.3 is 15.0 Å². The van der Waals surface area contributed by atoms with E-state index in [4.69, 9.17) is 4.74 Å². The van der Waals surface area contributed by atoms with E-state index >= 15 is 0 Å². The molecule has 5 heteroatoms. The Kier molecular flexibility index (Phi) is 5.15. The van der Waals surface area contributed by atoms with E-state index in [-0.39, 0.29) is 17.4 Å². The first kappa shape index (κ1) is 18.4. The van der Waals surface area contributed by atoms with Gasteiger partial charge in [-0.1, -0.05) is 25.1 Å². The maximum atomic E-state index is 13.0. The van der Waals surface area contributed by atoms with Crippen LogP contribution < -0.4 is 5.32 Å². The second kappa shape index (κ2) is 7.56. The second-order valence-electron chi connectivity index (χ2n) is 8.43. The number of likely N-dealkylation sites (tertiary alicyclic amines) is 1. The van der Waals surface area contributed by atoms with Gasteiger partial charge >= 0.3 is 0 Å². The molecular formula is C22H29N3O2. The number of para-hydroxylation sites is 1. The summed E-state index contributed by atoms with van der Waals surface area (Å²) < 4.78 is 5.75. The molecule has 1 amide bonds.